The molecule has 0 amide bonds. The van der Waals surface area contributed by atoms with Crippen molar-refractivity contribution < 1.29 is 38.8 Å². The number of nitrogens with one attached hydrogen (secondary N) is 1. The van der Waals surface area contributed by atoms with Crippen LogP contribution in [0.15, 0.2) is 23.0 Å². The predicted molar refractivity (Wildman–Crippen MR) is 90.4 cm³/mol. The second kappa shape index (κ2) is 7.47. The average Bonchev–Trinajstić information content (AvgIpc) is 2.59. The summed E-state index contributed by atoms with van der Waals surface area (Å²) in [5.41, 5.74) is 2.33. The van der Waals surface area contributed by atoms with Crippen molar-refractivity contribution in [2.45, 2.75) is 0 Å². The fourth-order valence-corrected chi connectivity index (χ4v) is 2.40. The van der Waals surface area contributed by atoms with Gasteiger partial charge in [-0.2, -0.15) is 0 Å². The topological polar surface area (TPSA) is 178 Å². The van der Waals surface area contributed by atoms with Crippen molar-refractivity contribution in [3.63, 3.8) is 0 Å². The highest BCUT2D eigenvalue weighted by Gasteiger charge is 2.28. The van der Waals surface area contributed by atoms with Gasteiger partial charge in [0.25, 0.3) is 5.56 Å². The lowest BCUT2D eigenvalue weighted by molar-refractivity contribution is 0.0695. The van der Waals surface area contributed by atoms with Gasteiger partial charge >= 0.3 is 18.1 Å². The summed E-state index contributed by atoms with van der Waals surface area (Å²) in [6.45, 7) is 0. The summed E-state index contributed by atoms with van der Waals surface area (Å²) in [5, 5.41) is 18.9. The van der Waals surface area contributed by atoms with E-state index in [0.717, 1.165) is 13.2 Å². The zero-order chi connectivity index (χ0) is 20.3. The zero-order valence-corrected chi connectivity index (χ0v) is 14.1. The number of carbonyl (C=O) groups excluding carboxylic acids is 1. The molecule has 2 aromatic rings. The number of benzene rings is 1. The maximum atomic E-state index is 12.1. The van der Waals surface area contributed by atoms with Gasteiger partial charge in [-0.25, -0.2) is 14.4 Å². The number of carboxylic acid groups (broad SMARTS) is 2. The normalized spacial score (nSPS) is 10.1. The number of pyridine rings is 1. The van der Waals surface area contributed by atoms with Crippen molar-refractivity contribution in [1.82, 2.24) is 4.98 Å². The number of nitrogens with two attached hydrogens (primary N) is 1. The van der Waals surface area contributed by atoms with Crippen LogP contribution in [-0.4, -0.2) is 47.5 Å². The highest BCUT2D eigenvalue weighted by molar-refractivity contribution is 6.08. The summed E-state index contributed by atoms with van der Waals surface area (Å²) >= 11 is 0. The molecule has 11 nitrogen and oxygen atoms in total. The number of ether oxygens (including phenoxy) is 3. The first-order valence-corrected chi connectivity index (χ1v) is 7.17. The van der Waals surface area contributed by atoms with Gasteiger partial charge in [-0.3, -0.25) is 4.79 Å². The van der Waals surface area contributed by atoms with Crippen LogP contribution >= 0.6 is 0 Å². The Kier molecular flexibility index (Phi) is 5.34. The zero-order valence-electron chi connectivity index (χ0n) is 14.1. The fraction of sp³-hybridized carbons (Fsp3) is 0.125. The molecule has 11 heteroatoms. The van der Waals surface area contributed by atoms with E-state index in [0.29, 0.717) is 0 Å². The fourth-order valence-electron chi connectivity index (χ4n) is 2.40. The van der Waals surface area contributed by atoms with Crippen molar-refractivity contribution >= 4 is 23.9 Å². The molecule has 0 aliphatic heterocycles. The van der Waals surface area contributed by atoms with Gasteiger partial charge in [0, 0.05) is 11.1 Å². The number of carboxylic acids is 2. The van der Waals surface area contributed by atoms with Gasteiger partial charge in [0.2, 0.25) is 0 Å². The number of aromatic nitrogens is 1. The van der Waals surface area contributed by atoms with E-state index in [1.807, 2.05) is 4.98 Å². The minimum Gasteiger partial charge on any atom is -0.496 e. The Balaban J connectivity index is 2.93. The summed E-state index contributed by atoms with van der Waals surface area (Å²) in [6, 6.07) is 3.72. The molecule has 0 aliphatic rings. The second-order valence-corrected chi connectivity index (χ2v) is 5.02. The van der Waals surface area contributed by atoms with Crippen molar-refractivity contribution in [2.24, 2.45) is 0 Å². The molecule has 0 aliphatic carbocycles. The van der Waals surface area contributed by atoms with E-state index in [1.54, 1.807) is 0 Å². The molecule has 0 radical (unpaired) electrons. The summed E-state index contributed by atoms with van der Waals surface area (Å²) in [6.07, 6.45) is -1.06. The molecule has 2 rings (SSSR count). The summed E-state index contributed by atoms with van der Waals surface area (Å²) in [7, 11) is 2.33. The van der Waals surface area contributed by atoms with Gasteiger partial charge in [0.05, 0.1) is 14.2 Å². The van der Waals surface area contributed by atoms with Gasteiger partial charge < -0.3 is 35.1 Å². The third kappa shape index (κ3) is 3.66. The van der Waals surface area contributed by atoms with E-state index in [-0.39, 0.29) is 17.1 Å². The summed E-state index contributed by atoms with van der Waals surface area (Å²) in [5.74, 6) is -3.90. The molecular weight excluding hydrogens is 364 g/mol. The summed E-state index contributed by atoms with van der Waals surface area (Å²) in [4.78, 5) is 48.7. The molecule has 0 unspecified atom stereocenters. The van der Waals surface area contributed by atoms with Gasteiger partial charge in [-0.1, -0.05) is 0 Å². The molecular formula is C16H14N2O9. The second-order valence-electron chi connectivity index (χ2n) is 5.02. The van der Waals surface area contributed by atoms with E-state index in [9.17, 15) is 29.4 Å². The number of carbonyl (C=O) groups is 3. The van der Waals surface area contributed by atoms with Crippen LogP contribution in [-0.2, 0) is 4.74 Å². The van der Waals surface area contributed by atoms with Crippen molar-refractivity contribution in [1.29, 1.82) is 0 Å². The Bertz CT molecular complexity index is 994. The van der Waals surface area contributed by atoms with Crippen LogP contribution in [0, 0.1) is 0 Å². The molecule has 0 spiro atoms. The lowest BCUT2D eigenvalue weighted by Crippen LogP contribution is -2.24. The van der Waals surface area contributed by atoms with Gasteiger partial charge in [0.1, 0.15) is 28.4 Å². The Hall–Kier alpha value is -4.02. The van der Waals surface area contributed by atoms with E-state index in [1.165, 1.54) is 19.2 Å². The third-order valence-electron chi connectivity index (χ3n) is 3.48. The quantitative estimate of drug-likeness (QED) is 0.436. The molecule has 27 heavy (non-hydrogen) atoms. The Labute approximate surface area is 150 Å². The Morgan fingerprint density at radius 1 is 1.07 bits per heavy atom. The molecule has 0 atom stereocenters. The molecule has 1 aromatic carbocycles. The molecule has 1 heterocycles. The SMILES string of the molecule is COC(=O)Oc1ccc(OC)c(-c2c(C(=O)O)c(N)[nH]c(=O)c2C(=O)O)c1. The van der Waals surface area contributed by atoms with E-state index < -0.39 is 46.2 Å². The lowest BCUT2D eigenvalue weighted by Gasteiger charge is -2.16. The highest BCUT2D eigenvalue weighted by Crippen LogP contribution is 2.38. The van der Waals surface area contributed by atoms with Crippen molar-refractivity contribution in [2.75, 3.05) is 20.0 Å². The lowest BCUT2D eigenvalue weighted by atomic mass is 9.94. The molecule has 0 bridgehead atoms. The number of aromatic amines is 1. The van der Waals surface area contributed by atoms with Crippen molar-refractivity contribution in [3.8, 4) is 22.6 Å². The number of aromatic carboxylic acids is 2. The molecule has 1 aromatic heterocycles. The number of methoxy groups -OCH3 is 2. The minimum absolute atomic E-state index is 0.0159. The first-order valence-electron chi connectivity index (χ1n) is 7.17. The van der Waals surface area contributed by atoms with Crippen molar-refractivity contribution in [3.05, 3.63) is 39.7 Å². The first kappa shape index (κ1) is 19.3. The van der Waals surface area contributed by atoms with Gasteiger partial charge in [-0.15, -0.1) is 0 Å². The van der Waals surface area contributed by atoms with Crippen LogP contribution in [0.4, 0.5) is 10.6 Å². The monoisotopic (exact) mass is 378 g/mol. The van der Waals surface area contributed by atoms with Crippen LogP contribution in [0.3, 0.4) is 0 Å². The minimum atomic E-state index is -1.69. The highest BCUT2D eigenvalue weighted by atomic mass is 16.7. The molecule has 142 valence electrons. The Morgan fingerprint density at radius 3 is 2.22 bits per heavy atom. The number of hydrogen-bond acceptors (Lipinski definition) is 8. The number of anilines is 1. The Morgan fingerprint density at radius 2 is 1.70 bits per heavy atom. The maximum absolute atomic E-state index is 12.1. The van der Waals surface area contributed by atoms with Gasteiger partial charge in [0.15, 0.2) is 0 Å². The van der Waals surface area contributed by atoms with E-state index >= 15 is 0 Å². The first-order chi connectivity index (χ1) is 12.7. The van der Waals surface area contributed by atoms with Gasteiger partial charge in [-0.05, 0) is 18.2 Å². The maximum Gasteiger partial charge on any atom is 0.513 e. The smallest absolute Gasteiger partial charge is 0.496 e. The van der Waals surface area contributed by atoms with Crippen LogP contribution in [0.2, 0.25) is 0 Å². The predicted octanol–water partition coefficient (Wildman–Crippen LogP) is 1.17. The number of H-pyrrole nitrogens is 1. The van der Waals surface area contributed by atoms with E-state index in [4.69, 9.17) is 15.2 Å². The summed E-state index contributed by atoms with van der Waals surface area (Å²) < 4.78 is 14.3. The standard InChI is InChI=1S/C16H14N2O9/c1-25-8-4-3-6(27-16(24)26-2)5-7(8)9-10(14(20)21)12(17)18-13(19)11(9)15(22)23/h3-5H,1-2H3,(H,20,21)(H,22,23)(H3,17,18,19). The molecule has 0 fully saturated rings. The number of nitrogen functional groups attached to an aromatic ring is 1. The van der Waals surface area contributed by atoms with E-state index in [2.05, 4.69) is 4.74 Å². The van der Waals surface area contributed by atoms with Crippen LogP contribution in [0.5, 0.6) is 11.5 Å². The van der Waals surface area contributed by atoms with Crippen LogP contribution in [0.25, 0.3) is 11.1 Å². The molecule has 0 saturated carbocycles. The number of rotatable bonds is 5. The van der Waals surface area contributed by atoms with Crippen LogP contribution in [0.1, 0.15) is 20.7 Å². The van der Waals surface area contributed by atoms with Crippen LogP contribution < -0.4 is 20.8 Å². The largest absolute Gasteiger partial charge is 0.513 e. The third-order valence-corrected chi connectivity index (χ3v) is 3.48. The molecule has 5 N–H and O–H groups in total. The average molecular weight is 378 g/mol. The molecule has 0 saturated heterocycles. The number of hydrogen-bond donors (Lipinski definition) is 4.